The Bertz CT molecular complexity index is 266. The second kappa shape index (κ2) is 4.17. The normalized spacial score (nSPS) is 16.5. The predicted molar refractivity (Wildman–Crippen MR) is 43.8 cm³/mol. The third-order valence-corrected chi connectivity index (χ3v) is 1.56. The molecule has 1 rings (SSSR count). The van der Waals surface area contributed by atoms with Crippen LogP contribution in [0.15, 0.2) is 24.2 Å². The van der Waals surface area contributed by atoms with Crippen molar-refractivity contribution in [3.63, 3.8) is 0 Å². The minimum Gasteiger partial charge on any atom is -0.344 e. The molecule has 1 aliphatic rings. The first kappa shape index (κ1) is 10.6. The van der Waals surface area contributed by atoms with Crippen LogP contribution in [0.2, 0.25) is 0 Å². The van der Waals surface area contributed by atoms with Gasteiger partial charge in [-0.15, -0.1) is 0 Å². The fraction of sp³-hybridized carbons (Fsp3) is 0.375. The molecule has 1 heterocycles. The number of alkyl halides is 3. The van der Waals surface area contributed by atoms with E-state index in [0.717, 1.165) is 4.90 Å². The van der Waals surface area contributed by atoms with E-state index in [1.165, 1.54) is 12.4 Å². The zero-order valence-corrected chi connectivity index (χ0v) is 7.21. The molecule has 0 saturated carbocycles. The molecule has 0 bridgehead atoms. The van der Waals surface area contributed by atoms with E-state index < -0.39 is 12.7 Å². The van der Waals surface area contributed by atoms with Crippen molar-refractivity contribution in [3.8, 4) is 0 Å². The molecule has 0 aromatic carbocycles. The fourth-order valence-corrected chi connectivity index (χ4v) is 1.09. The molecule has 0 aliphatic carbocycles. The van der Waals surface area contributed by atoms with Crippen LogP contribution in [0.1, 0.15) is 6.42 Å². The highest BCUT2D eigenvalue weighted by Crippen LogP contribution is 2.19. The van der Waals surface area contributed by atoms with Gasteiger partial charge in [-0.2, -0.15) is 13.2 Å². The van der Waals surface area contributed by atoms with Gasteiger partial charge in [-0.25, -0.2) is 0 Å². The summed E-state index contributed by atoms with van der Waals surface area (Å²) < 4.78 is 35.9. The van der Waals surface area contributed by atoms with E-state index in [-0.39, 0.29) is 0 Å². The Labute approximate surface area is 78.9 Å². The third-order valence-electron chi connectivity index (χ3n) is 1.56. The Balaban J connectivity index is 2.57. The molecule has 78 valence electrons. The molecule has 0 spiro atoms. The van der Waals surface area contributed by atoms with Crippen LogP contribution in [0.25, 0.3) is 0 Å². The first-order chi connectivity index (χ1) is 6.51. The molecule has 14 heavy (non-hydrogen) atoms. The van der Waals surface area contributed by atoms with E-state index in [4.69, 9.17) is 0 Å². The van der Waals surface area contributed by atoms with Gasteiger partial charge >= 0.3 is 6.18 Å². The van der Waals surface area contributed by atoms with E-state index >= 15 is 0 Å². The van der Waals surface area contributed by atoms with Gasteiger partial charge in [0.1, 0.15) is 6.54 Å². The number of amides is 1. The van der Waals surface area contributed by atoms with Gasteiger partial charge in [0.05, 0.1) is 0 Å². The first-order valence-corrected chi connectivity index (χ1v) is 3.91. The average Bonchev–Trinajstić information content (AvgIpc) is 2.02. The van der Waals surface area contributed by atoms with E-state index in [2.05, 4.69) is 5.32 Å². The van der Waals surface area contributed by atoms with Gasteiger partial charge in [-0.3, -0.25) is 4.79 Å². The summed E-state index contributed by atoms with van der Waals surface area (Å²) in [5.41, 5.74) is 0.451. The molecular formula is C8H9F3N2O. The number of nitrogens with zero attached hydrogens (tertiary/aromatic N) is 1. The predicted octanol–water partition coefficient (Wildman–Crippen LogP) is 1.36. The van der Waals surface area contributed by atoms with E-state index in [0.29, 0.717) is 18.5 Å². The lowest BCUT2D eigenvalue weighted by Gasteiger charge is -2.22. The van der Waals surface area contributed by atoms with Crippen molar-refractivity contribution in [2.24, 2.45) is 0 Å². The summed E-state index contributed by atoms with van der Waals surface area (Å²) in [6.07, 6.45) is 0.789. The molecule has 1 N–H and O–H groups in total. The zero-order chi connectivity index (χ0) is 10.6. The number of hydrogen-bond donors (Lipinski definition) is 1. The summed E-state index contributed by atoms with van der Waals surface area (Å²) in [7, 11) is 0. The number of nitrogens with one attached hydrogen (secondary N) is 1. The van der Waals surface area contributed by atoms with Gasteiger partial charge in [0.25, 0.3) is 0 Å². The number of allylic oxidation sites excluding steroid dienone is 1. The van der Waals surface area contributed by atoms with Crippen molar-refractivity contribution in [2.75, 3.05) is 6.54 Å². The van der Waals surface area contributed by atoms with Crippen LogP contribution in [-0.2, 0) is 4.79 Å². The van der Waals surface area contributed by atoms with Crippen molar-refractivity contribution in [1.82, 2.24) is 10.2 Å². The van der Waals surface area contributed by atoms with E-state index in [1.807, 2.05) is 0 Å². The molecule has 0 aromatic heterocycles. The van der Waals surface area contributed by atoms with Crippen molar-refractivity contribution in [2.45, 2.75) is 12.6 Å². The lowest BCUT2D eigenvalue weighted by Crippen LogP contribution is -2.29. The highest BCUT2D eigenvalue weighted by molar-refractivity contribution is 5.50. The van der Waals surface area contributed by atoms with Crippen LogP contribution >= 0.6 is 0 Å². The molecule has 0 saturated heterocycles. The van der Waals surface area contributed by atoms with Crippen molar-refractivity contribution < 1.29 is 18.0 Å². The van der Waals surface area contributed by atoms with Gasteiger partial charge < -0.3 is 10.2 Å². The second-order valence-corrected chi connectivity index (χ2v) is 2.79. The lowest BCUT2D eigenvalue weighted by atomic mass is 10.2. The molecular weight excluding hydrogens is 197 g/mol. The van der Waals surface area contributed by atoms with Gasteiger partial charge in [0.15, 0.2) is 0 Å². The third kappa shape index (κ3) is 3.51. The van der Waals surface area contributed by atoms with Crippen molar-refractivity contribution >= 4 is 6.41 Å². The number of halogens is 3. The SMILES string of the molecule is O=CNC1=CN(CC(F)(F)F)C=CC1. The highest BCUT2D eigenvalue weighted by Gasteiger charge is 2.29. The van der Waals surface area contributed by atoms with Crippen LogP contribution < -0.4 is 5.32 Å². The Hall–Kier alpha value is -1.46. The van der Waals surface area contributed by atoms with Gasteiger partial charge in [0.2, 0.25) is 6.41 Å². The maximum Gasteiger partial charge on any atom is 0.406 e. The van der Waals surface area contributed by atoms with Crippen LogP contribution in [0.4, 0.5) is 13.2 Å². The fourth-order valence-electron chi connectivity index (χ4n) is 1.09. The standard InChI is InChI=1S/C8H9F3N2O/c9-8(10,11)5-13-3-1-2-7(4-13)12-6-14/h1,3-4,6H,2,5H2,(H,12,14). The van der Waals surface area contributed by atoms with E-state index in [9.17, 15) is 18.0 Å². The molecule has 0 unspecified atom stereocenters. The monoisotopic (exact) mass is 206 g/mol. The minimum atomic E-state index is -4.25. The maximum atomic E-state index is 12.0. The van der Waals surface area contributed by atoms with Gasteiger partial charge in [-0.05, 0) is 0 Å². The molecule has 1 amide bonds. The molecule has 0 radical (unpaired) electrons. The first-order valence-electron chi connectivity index (χ1n) is 3.91. The molecule has 1 aliphatic heterocycles. The number of hydrogen-bond acceptors (Lipinski definition) is 2. The van der Waals surface area contributed by atoms with Crippen LogP contribution in [0.5, 0.6) is 0 Å². The smallest absolute Gasteiger partial charge is 0.344 e. The molecule has 0 aromatic rings. The summed E-state index contributed by atoms with van der Waals surface area (Å²) in [4.78, 5) is 11.0. The van der Waals surface area contributed by atoms with Crippen LogP contribution in [-0.4, -0.2) is 24.0 Å². The topological polar surface area (TPSA) is 32.3 Å². The Morgan fingerprint density at radius 1 is 1.57 bits per heavy atom. The van der Waals surface area contributed by atoms with Crippen molar-refractivity contribution in [3.05, 3.63) is 24.2 Å². The summed E-state index contributed by atoms with van der Waals surface area (Å²) >= 11 is 0. The molecule has 6 heteroatoms. The highest BCUT2D eigenvalue weighted by atomic mass is 19.4. The molecule has 0 atom stereocenters. The van der Waals surface area contributed by atoms with Gasteiger partial charge in [0, 0.05) is 24.5 Å². The maximum absolute atomic E-state index is 12.0. The summed E-state index contributed by atoms with van der Waals surface area (Å²) in [5.74, 6) is 0. The Morgan fingerprint density at radius 3 is 2.86 bits per heavy atom. The van der Waals surface area contributed by atoms with E-state index in [1.54, 1.807) is 6.08 Å². The van der Waals surface area contributed by atoms with Crippen molar-refractivity contribution in [1.29, 1.82) is 0 Å². The van der Waals surface area contributed by atoms with Crippen LogP contribution in [0.3, 0.4) is 0 Å². The summed E-state index contributed by atoms with van der Waals surface area (Å²) in [6, 6.07) is 0. The van der Waals surface area contributed by atoms with Gasteiger partial charge in [-0.1, -0.05) is 6.08 Å². The quantitative estimate of drug-likeness (QED) is 0.707. The van der Waals surface area contributed by atoms with Crippen LogP contribution in [0, 0.1) is 0 Å². The number of rotatable bonds is 3. The minimum absolute atomic E-state index is 0.438. The largest absolute Gasteiger partial charge is 0.406 e. The molecule has 3 nitrogen and oxygen atoms in total. The Morgan fingerprint density at radius 2 is 2.29 bits per heavy atom. The summed E-state index contributed by atoms with van der Waals surface area (Å²) in [6.45, 7) is -1.05. The Kier molecular flexibility index (Phi) is 3.16. The lowest BCUT2D eigenvalue weighted by molar-refractivity contribution is -0.136. The zero-order valence-electron chi connectivity index (χ0n) is 7.21. The molecule has 0 fully saturated rings. The summed E-state index contributed by atoms with van der Waals surface area (Å²) in [5, 5.41) is 2.32. The second-order valence-electron chi connectivity index (χ2n) is 2.79. The number of carbonyl (C=O) groups excluding carboxylic acids is 1. The number of carbonyl (C=O) groups is 1. The average molecular weight is 206 g/mol.